The molecule has 0 radical (unpaired) electrons. The Morgan fingerprint density at radius 1 is 1.47 bits per heavy atom. The third kappa shape index (κ3) is 3.03. The Morgan fingerprint density at radius 3 is 2.53 bits per heavy atom. The van der Waals surface area contributed by atoms with Gasteiger partial charge < -0.3 is 5.11 Å². The highest BCUT2D eigenvalue weighted by atomic mass is 16.4. The average Bonchev–Trinajstić information content (AvgIpc) is 2.24. The van der Waals surface area contributed by atoms with Crippen LogP contribution in [0.2, 0.25) is 0 Å². The minimum absolute atomic E-state index is 0.122. The lowest BCUT2D eigenvalue weighted by molar-refractivity contribution is -0.148. The van der Waals surface area contributed by atoms with Crippen molar-refractivity contribution in [3.05, 3.63) is 0 Å². The molecule has 1 aliphatic rings. The van der Waals surface area contributed by atoms with Crippen LogP contribution in [0.1, 0.15) is 26.7 Å². The molecule has 0 bridgehead atoms. The molecule has 1 aliphatic heterocycles. The van der Waals surface area contributed by atoms with E-state index in [2.05, 4.69) is 5.32 Å². The largest absolute Gasteiger partial charge is 0.480 e. The molecular weight excluding hydrogens is 224 g/mol. The van der Waals surface area contributed by atoms with Crippen LogP contribution in [0, 0.1) is 5.92 Å². The summed E-state index contributed by atoms with van der Waals surface area (Å²) in [5, 5.41) is 11.8. The monoisotopic (exact) mass is 242 g/mol. The van der Waals surface area contributed by atoms with Crippen molar-refractivity contribution in [3.8, 4) is 0 Å². The van der Waals surface area contributed by atoms with Gasteiger partial charge >= 0.3 is 5.97 Å². The number of amides is 2. The second-order valence-electron chi connectivity index (χ2n) is 4.61. The van der Waals surface area contributed by atoms with Crippen molar-refractivity contribution in [1.29, 1.82) is 0 Å². The van der Waals surface area contributed by atoms with Crippen LogP contribution in [0.25, 0.3) is 0 Å². The maximum Gasteiger partial charge on any atom is 0.320 e. The smallest absolute Gasteiger partial charge is 0.320 e. The quantitative estimate of drug-likeness (QED) is 0.668. The summed E-state index contributed by atoms with van der Waals surface area (Å²) >= 11 is 0. The Hall–Kier alpha value is -1.43. The molecule has 2 atom stereocenters. The normalized spacial score (nSPS) is 23.1. The Bertz CT molecular complexity index is 340. The Morgan fingerprint density at radius 2 is 2.06 bits per heavy atom. The lowest BCUT2D eigenvalue weighted by atomic mass is 9.99. The molecule has 2 N–H and O–H groups in total. The van der Waals surface area contributed by atoms with Gasteiger partial charge in [-0.15, -0.1) is 0 Å². The first-order valence-electron chi connectivity index (χ1n) is 5.63. The molecule has 6 nitrogen and oxygen atoms in total. The van der Waals surface area contributed by atoms with Crippen molar-refractivity contribution in [3.63, 3.8) is 0 Å². The first kappa shape index (κ1) is 13.6. The van der Waals surface area contributed by atoms with Gasteiger partial charge in [0, 0.05) is 13.5 Å². The fourth-order valence-electron chi connectivity index (χ4n) is 1.84. The predicted molar refractivity (Wildman–Crippen MR) is 60.2 cm³/mol. The number of likely N-dealkylation sites (N-methyl/N-ethyl adjacent to an activating group) is 1. The molecule has 0 aromatic heterocycles. The lowest BCUT2D eigenvalue weighted by Gasteiger charge is -2.31. The van der Waals surface area contributed by atoms with Crippen LogP contribution in [0.15, 0.2) is 0 Å². The molecule has 0 saturated carbocycles. The molecule has 1 saturated heterocycles. The summed E-state index contributed by atoms with van der Waals surface area (Å²) in [6.07, 6.45) is 0.628. The van der Waals surface area contributed by atoms with Crippen LogP contribution in [0.3, 0.4) is 0 Å². The van der Waals surface area contributed by atoms with Crippen LogP contribution in [-0.4, -0.2) is 46.9 Å². The van der Waals surface area contributed by atoms with Crippen LogP contribution in [-0.2, 0) is 14.4 Å². The van der Waals surface area contributed by atoms with E-state index in [1.165, 1.54) is 7.05 Å². The van der Waals surface area contributed by atoms with Crippen molar-refractivity contribution < 1.29 is 19.5 Å². The van der Waals surface area contributed by atoms with Gasteiger partial charge in [-0.3, -0.25) is 24.6 Å². The van der Waals surface area contributed by atoms with Crippen molar-refractivity contribution in [2.75, 3.05) is 7.05 Å². The number of carboxylic acid groups (broad SMARTS) is 1. The first-order valence-corrected chi connectivity index (χ1v) is 5.63. The summed E-state index contributed by atoms with van der Waals surface area (Å²) in [6.45, 7) is 3.54. The average molecular weight is 242 g/mol. The molecular formula is C11H18N2O4. The zero-order valence-electron chi connectivity index (χ0n) is 10.3. The van der Waals surface area contributed by atoms with E-state index in [0.29, 0.717) is 6.42 Å². The summed E-state index contributed by atoms with van der Waals surface area (Å²) < 4.78 is 0. The summed E-state index contributed by atoms with van der Waals surface area (Å²) in [4.78, 5) is 35.1. The second kappa shape index (κ2) is 5.27. The third-order valence-corrected chi connectivity index (χ3v) is 2.96. The minimum Gasteiger partial charge on any atom is -0.480 e. The molecule has 0 spiro atoms. The van der Waals surface area contributed by atoms with Crippen molar-refractivity contribution in [1.82, 2.24) is 10.2 Å². The van der Waals surface area contributed by atoms with Gasteiger partial charge in [0.1, 0.15) is 6.04 Å². The summed E-state index contributed by atoms with van der Waals surface area (Å²) in [5.41, 5.74) is 0. The number of rotatable bonds is 4. The van der Waals surface area contributed by atoms with Gasteiger partial charge in [-0.1, -0.05) is 13.8 Å². The molecule has 0 aliphatic carbocycles. The summed E-state index contributed by atoms with van der Waals surface area (Å²) in [7, 11) is 1.42. The molecule has 6 heteroatoms. The zero-order chi connectivity index (χ0) is 13.2. The van der Waals surface area contributed by atoms with E-state index >= 15 is 0 Å². The molecule has 0 aromatic rings. The zero-order valence-corrected chi connectivity index (χ0v) is 10.3. The highest BCUT2D eigenvalue weighted by Crippen LogP contribution is 2.14. The van der Waals surface area contributed by atoms with Crippen molar-refractivity contribution in [2.45, 2.75) is 38.8 Å². The molecule has 2 amide bonds. The molecule has 2 unspecified atom stereocenters. The van der Waals surface area contributed by atoms with Gasteiger partial charge in [0.05, 0.1) is 6.04 Å². The third-order valence-electron chi connectivity index (χ3n) is 2.96. The number of hydrogen-bond acceptors (Lipinski definition) is 4. The molecule has 0 aromatic carbocycles. The number of nitrogens with one attached hydrogen (secondary N) is 1. The fourth-order valence-corrected chi connectivity index (χ4v) is 1.84. The van der Waals surface area contributed by atoms with Gasteiger partial charge in [-0.2, -0.15) is 0 Å². The van der Waals surface area contributed by atoms with E-state index < -0.39 is 18.1 Å². The van der Waals surface area contributed by atoms with E-state index in [-0.39, 0.29) is 24.2 Å². The predicted octanol–water partition coefficient (Wildman–Crippen LogP) is -0.167. The van der Waals surface area contributed by atoms with Gasteiger partial charge in [0.15, 0.2) is 0 Å². The van der Waals surface area contributed by atoms with Crippen molar-refractivity contribution >= 4 is 17.8 Å². The Balaban J connectivity index is 2.71. The highest BCUT2D eigenvalue weighted by Gasteiger charge is 2.35. The van der Waals surface area contributed by atoms with E-state index in [4.69, 9.17) is 5.11 Å². The van der Waals surface area contributed by atoms with Gasteiger partial charge in [0.25, 0.3) is 0 Å². The molecule has 1 rings (SSSR count). The van der Waals surface area contributed by atoms with E-state index in [1.54, 1.807) is 13.8 Å². The van der Waals surface area contributed by atoms with E-state index in [0.717, 1.165) is 4.90 Å². The topological polar surface area (TPSA) is 86.7 Å². The standard InChI is InChI=1S/C11H18N2O4/c1-6(2)9(11(16)17)12-7-4-5-8(14)13(3)10(7)15/h6-7,9,12H,4-5H2,1-3H3,(H,16,17). The number of likely N-dealkylation sites (tertiary alicyclic amines) is 1. The summed E-state index contributed by atoms with van der Waals surface area (Å²) in [5.74, 6) is -1.67. The fraction of sp³-hybridized carbons (Fsp3) is 0.727. The number of carbonyl (C=O) groups excluding carboxylic acids is 2. The van der Waals surface area contributed by atoms with E-state index in [9.17, 15) is 14.4 Å². The van der Waals surface area contributed by atoms with Crippen LogP contribution >= 0.6 is 0 Å². The number of nitrogens with zero attached hydrogens (tertiary/aromatic N) is 1. The van der Waals surface area contributed by atoms with Crippen LogP contribution < -0.4 is 5.32 Å². The number of hydrogen-bond donors (Lipinski definition) is 2. The van der Waals surface area contributed by atoms with Gasteiger partial charge in [0.2, 0.25) is 11.8 Å². The Labute approximate surface area is 100.0 Å². The molecule has 1 fully saturated rings. The van der Waals surface area contributed by atoms with Crippen LogP contribution in [0.5, 0.6) is 0 Å². The van der Waals surface area contributed by atoms with Gasteiger partial charge in [-0.25, -0.2) is 0 Å². The molecule has 1 heterocycles. The minimum atomic E-state index is -0.979. The number of carboxylic acids is 1. The maximum atomic E-state index is 11.8. The SMILES string of the molecule is CC(C)C(NC1CCC(=O)N(C)C1=O)C(=O)O. The number of imide groups is 1. The Kier molecular flexibility index (Phi) is 4.22. The maximum absolute atomic E-state index is 11.8. The van der Waals surface area contributed by atoms with Crippen LogP contribution in [0.4, 0.5) is 0 Å². The molecule has 17 heavy (non-hydrogen) atoms. The molecule has 96 valence electrons. The number of carbonyl (C=O) groups is 3. The summed E-state index contributed by atoms with van der Waals surface area (Å²) in [6, 6.07) is -1.35. The number of piperidine rings is 1. The second-order valence-corrected chi connectivity index (χ2v) is 4.61. The van der Waals surface area contributed by atoms with Crippen molar-refractivity contribution in [2.24, 2.45) is 5.92 Å². The van der Waals surface area contributed by atoms with Gasteiger partial charge in [-0.05, 0) is 12.3 Å². The van der Waals surface area contributed by atoms with E-state index in [1.807, 2.05) is 0 Å². The first-order chi connectivity index (χ1) is 7.84. The lowest BCUT2D eigenvalue weighted by Crippen LogP contribution is -2.56. The highest BCUT2D eigenvalue weighted by molar-refractivity contribution is 6.00. The number of aliphatic carboxylic acids is 1.